The lowest BCUT2D eigenvalue weighted by Crippen LogP contribution is -2.36. The van der Waals surface area contributed by atoms with E-state index < -0.39 is 0 Å². The topological polar surface area (TPSA) is 63.3 Å². The molecule has 0 saturated carbocycles. The first-order chi connectivity index (χ1) is 9.81. The lowest BCUT2D eigenvalue weighted by atomic mass is 10.3. The average molecular weight is 339 g/mol. The number of hydrogen-bond acceptors (Lipinski definition) is 5. The average Bonchev–Trinajstić information content (AvgIpc) is 2.97. The van der Waals surface area contributed by atoms with E-state index in [9.17, 15) is 0 Å². The molecule has 0 radical (unpaired) electrons. The van der Waals surface area contributed by atoms with E-state index in [1.807, 2.05) is 24.3 Å². The minimum atomic E-state index is 0.374. The third kappa shape index (κ3) is 3.29. The normalized spacial score (nSPS) is 15.3. The summed E-state index contributed by atoms with van der Waals surface area (Å²) in [6.45, 7) is 3.47. The van der Waals surface area contributed by atoms with Crippen LogP contribution in [0.15, 0.2) is 28.7 Å². The Kier molecular flexibility index (Phi) is 4.17. The smallest absolute Gasteiger partial charge is 0.244 e. The van der Waals surface area contributed by atoms with E-state index in [0.717, 1.165) is 42.3 Å². The third-order valence-corrected chi connectivity index (χ3v) is 3.53. The highest BCUT2D eigenvalue weighted by Gasteiger charge is 2.15. The van der Waals surface area contributed by atoms with Gasteiger partial charge in [0.05, 0.1) is 13.2 Å². The van der Waals surface area contributed by atoms with Crippen molar-refractivity contribution in [1.82, 2.24) is 15.2 Å². The second kappa shape index (κ2) is 6.23. The number of aromatic amines is 1. The summed E-state index contributed by atoms with van der Waals surface area (Å²) in [4.78, 5) is 6.54. The van der Waals surface area contributed by atoms with Gasteiger partial charge in [-0.1, -0.05) is 15.9 Å². The van der Waals surface area contributed by atoms with Gasteiger partial charge in [-0.05, 0) is 24.3 Å². The summed E-state index contributed by atoms with van der Waals surface area (Å²) in [6, 6.07) is 7.69. The highest BCUT2D eigenvalue weighted by atomic mass is 79.9. The van der Waals surface area contributed by atoms with Crippen LogP contribution in [0.5, 0.6) is 5.75 Å². The minimum absolute atomic E-state index is 0.374. The van der Waals surface area contributed by atoms with Gasteiger partial charge in [0, 0.05) is 17.6 Å². The Morgan fingerprint density at radius 2 is 2.00 bits per heavy atom. The summed E-state index contributed by atoms with van der Waals surface area (Å²) in [6.07, 6.45) is 0. The van der Waals surface area contributed by atoms with E-state index >= 15 is 0 Å². The number of halogens is 1. The van der Waals surface area contributed by atoms with Crippen molar-refractivity contribution < 1.29 is 9.47 Å². The van der Waals surface area contributed by atoms with Crippen LogP contribution >= 0.6 is 15.9 Å². The van der Waals surface area contributed by atoms with E-state index in [4.69, 9.17) is 9.47 Å². The SMILES string of the molecule is Brc1ccc(OCc2nc(N3CCOCC3)n[nH]2)cc1. The summed E-state index contributed by atoms with van der Waals surface area (Å²) in [7, 11) is 0. The number of morpholine rings is 1. The molecule has 20 heavy (non-hydrogen) atoms. The van der Waals surface area contributed by atoms with Crippen molar-refractivity contribution in [3.8, 4) is 5.75 Å². The maximum atomic E-state index is 5.65. The van der Waals surface area contributed by atoms with Crippen molar-refractivity contribution >= 4 is 21.9 Å². The molecule has 0 spiro atoms. The molecule has 106 valence electrons. The van der Waals surface area contributed by atoms with Crippen molar-refractivity contribution in [3.05, 3.63) is 34.6 Å². The van der Waals surface area contributed by atoms with Crippen molar-refractivity contribution in [2.75, 3.05) is 31.2 Å². The first kappa shape index (κ1) is 13.4. The number of anilines is 1. The number of aromatic nitrogens is 3. The molecular formula is C13H15BrN4O2. The number of benzene rings is 1. The maximum absolute atomic E-state index is 5.65. The molecule has 0 unspecified atom stereocenters. The Morgan fingerprint density at radius 3 is 2.75 bits per heavy atom. The zero-order chi connectivity index (χ0) is 13.8. The molecule has 3 rings (SSSR count). The van der Waals surface area contributed by atoms with Crippen LogP contribution in [0.2, 0.25) is 0 Å². The van der Waals surface area contributed by atoms with Crippen molar-refractivity contribution in [2.24, 2.45) is 0 Å². The molecule has 0 amide bonds. The molecule has 0 aliphatic carbocycles. The highest BCUT2D eigenvalue weighted by Crippen LogP contribution is 2.17. The van der Waals surface area contributed by atoms with Gasteiger partial charge in [-0.3, -0.25) is 5.10 Å². The van der Waals surface area contributed by atoms with Gasteiger partial charge in [0.1, 0.15) is 12.4 Å². The number of H-pyrrole nitrogens is 1. The molecule has 6 nitrogen and oxygen atoms in total. The van der Waals surface area contributed by atoms with Crippen molar-refractivity contribution in [1.29, 1.82) is 0 Å². The van der Waals surface area contributed by atoms with E-state index in [1.54, 1.807) is 0 Å². The lowest BCUT2D eigenvalue weighted by Gasteiger charge is -2.25. The van der Waals surface area contributed by atoms with Crippen LogP contribution in [0.1, 0.15) is 5.82 Å². The van der Waals surface area contributed by atoms with Crippen LogP contribution in [0.3, 0.4) is 0 Å². The summed E-state index contributed by atoms with van der Waals surface area (Å²) < 4.78 is 12.0. The zero-order valence-corrected chi connectivity index (χ0v) is 12.5. The molecule has 0 bridgehead atoms. The molecule has 2 heterocycles. The van der Waals surface area contributed by atoms with Crippen molar-refractivity contribution in [3.63, 3.8) is 0 Å². The predicted molar refractivity (Wildman–Crippen MR) is 77.9 cm³/mol. The third-order valence-electron chi connectivity index (χ3n) is 3.00. The molecule has 1 saturated heterocycles. The van der Waals surface area contributed by atoms with Gasteiger partial charge in [-0.25, -0.2) is 0 Å². The van der Waals surface area contributed by atoms with Gasteiger partial charge >= 0.3 is 0 Å². The van der Waals surface area contributed by atoms with E-state index in [1.165, 1.54) is 0 Å². The van der Waals surface area contributed by atoms with Crippen LogP contribution in [0.4, 0.5) is 5.95 Å². The Balaban J connectivity index is 1.58. The molecule has 1 aliphatic heterocycles. The first-order valence-corrected chi connectivity index (χ1v) is 7.23. The quantitative estimate of drug-likeness (QED) is 0.923. The molecule has 1 N–H and O–H groups in total. The molecule has 1 aliphatic rings. The van der Waals surface area contributed by atoms with Crippen LogP contribution in [-0.2, 0) is 11.3 Å². The Hall–Kier alpha value is -1.60. The number of hydrogen-bond donors (Lipinski definition) is 1. The molecule has 1 aromatic heterocycles. The zero-order valence-electron chi connectivity index (χ0n) is 10.9. The van der Waals surface area contributed by atoms with Crippen LogP contribution in [0.25, 0.3) is 0 Å². The van der Waals surface area contributed by atoms with E-state index in [2.05, 4.69) is 36.0 Å². The van der Waals surface area contributed by atoms with Gasteiger partial charge < -0.3 is 14.4 Å². The standard InChI is InChI=1S/C13H15BrN4O2/c14-10-1-3-11(4-2-10)20-9-12-15-13(17-16-12)18-5-7-19-8-6-18/h1-4H,5-9H2,(H,15,16,17). The van der Waals surface area contributed by atoms with Gasteiger partial charge in [0.15, 0.2) is 5.82 Å². The Labute approximate surface area is 125 Å². The summed E-state index contributed by atoms with van der Waals surface area (Å²) >= 11 is 3.39. The number of ether oxygens (including phenoxy) is 2. The largest absolute Gasteiger partial charge is 0.486 e. The maximum Gasteiger partial charge on any atom is 0.244 e. The Bertz CT molecular complexity index is 552. The van der Waals surface area contributed by atoms with Crippen LogP contribution in [0, 0.1) is 0 Å². The Morgan fingerprint density at radius 1 is 1.25 bits per heavy atom. The molecule has 1 aromatic carbocycles. The highest BCUT2D eigenvalue weighted by molar-refractivity contribution is 9.10. The molecule has 2 aromatic rings. The predicted octanol–water partition coefficient (Wildman–Crippen LogP) is 1.98. The van der Waals surface area contributed by atoms with E-state index in [0.29, 0.717) is 12.6 Å². The van der Waals surface area contributed by atoms with Gasteiger partial charge in [0.25, 0.3) is 0 Å². The molecule has 7 heteroatoms. The van der Waals surface area contributed by atoms with Gasteiger partial charge in [-0.2, -0.15) is 4.98 Å². The van der Waals surface area contributed by atoms with Crippen LogP contribution in [-0.4, -0.2) is 41.5 Å². The molecule has 1 fully saturated rings. The first-order valence-electron chi connectivity index (χ1n) is 6.43. The summed E-state index contributed by atoms with van der Waals surface area (Å²) in [5, 5.41) is 7.12. The number of nitrogens with zero attached hydrogens (tertiary/aromatic N) is 3. The second-order valence-electron chi connectivity index (χ2n) is 4.42. The monoisotopic (exact) mass is 338 g/mol. The van der Waals surface area contributed by atoms with Crippen molar-refractivity contribution in [2.45, 2.75) is 6.61 Å². The fourth-order valence-corrected chi connectivity index (χ4v) is 2.20. The fourth-order valence-electron chi connectivity index (χ4n) is 1.94. The van der Waals surface area contributed by atoms with Crippen LogP contribution < -0.4 is 9.64 Å². The van der Waals surface area contributed by atoms with E-state index in [-0.39, 0.29) is 0 Å². The molecule has 0 atom stereocenters. The minimum Gasteiger partial charge on any atom is -0.486 e. The number of rotatable bonds is 4. The summed E-state index contributed by atoms with van der Waals surface area (Å²) in [5.41, 5.74) is 0. The summed E-state index contributed by atoms with van der Waals surface area (Å²) in [5.74, 6) is 2.23. The van der Waals surface area contributed by atoms with Gasteiger partial charge in [-0.15, -0.1) is 5.10 Å². The number of nitrogens with one attached hydrogen (secondary N) is 1. The van der Waals surface area contributed by atoms with Gasteiger partial charge in [0.2, 0.25) is 5.95 Å². The fraction of sp³-hybridized carbons (Fsp3) is 0.385. The lowest BCUT2D eigenvalue weighted by molar-refractivity contribution is 0.122. The second-order valence-corrected chi connectivity index (χ2v) is 5.34. The molecular weight excluding hydrogens is 324 g/mol.